The van der Waals surface area contributed by atoms with Crippen LogP contribution in [0.15, 0.2) is 18.2 Å². The fourth-order valence-electron chi connectivity index (χ4n) is 3.24. The first kappa shape index (κ1) is 14.5. The molecule has 1 aromatic rings. The highest BCUT2D eigenvalue weighted by Crippen LogP contribution is 2.25. The highest BCUT2D eigenvalue weighted by Gasteiger charge is 2.29. The molecular weight excluding hydrogens is 234 g/mol. The monoisotopic (exact) mass is 261 g/mol. The summed E-state index contributed by atoms with van der Waals surface area (Å²) in [4.78, 5) is 0. The third kappa shape index (κ3) is 4.05. The molecule has 1 heterocycles. The lowest BCUT2D eigenvalue weighted by Gasteiger charge is -2.24. The Kier molecular flexibility index (Phi) is 5.00. The molecule has 3 unspecified atom stereocenters. The Hall–Kier alpha value is -0.860. The van der Waals surface area contributed by atoms with Gasteiger partial charge in [-0.2, -0.15) is 0 Å². The van der Waals surface area contributed by atoms with Crippen molar-refractivity contribution in [2.24, 2.45) is 5.92 Å². The third-order valence-electron chi connectivity index (χ3n) is 4.00. The van der Waals surface area contributed by atoms with Gasteiger partial charge in [-0.05, 0) is 45.7 Å². The molecular formula is C17H27NO. The summed E-state index contributed by atoms with van der Waals surface area (Å²) in [5, 5.41) is 3.65. The molecule has 1 N–H and O–H groups in total. The van der Waals surface area contributed by atoms with Gasteiger partial charge in [0.1, 0.15) is 0 Å². The van der Waals surface area contributed by atoms with E-state index >= 15 is 0 Å². The van der Waals surface area contributed by atoms with Gasteiger partial charge in [-0.3, -0.25) is 0 Å². The number of hydrogen-bond donors (Lipinski definition) is 1. The van der Waals surface area contributed by atoms with E-state index in [1.165, 1.54) is 23.1 Å². The first-order valence-electron chi connectivity index (χ1n) is 7.50. The predicted molar refractivity (Wildman–Crippen MR) is 80.6 cm³/mol. The van der Waals surface area contributed by atoms with Crippen molar-refractivity contribution in [3.63, 3.8) is 0 Å². The number of nitrogens with one attached hydrogen (secondary N) is 1. The number of ether oxygens (including phenoxy) is 1. The molecule has 2 heteroatoms. The van der Waals surface area contributed by atoms with Crippen LogP contribution in [0.5, 0.6) is 0 Å². The molecule has 1 aliphatic rings. The second kappa shape index (κ2) is 6.53. The number of rotatable bonds is 5. The lowest BCUT2D eigenvalue weighted by Crippen LogP contribution is -2.38. The van der Waals surface area contributed by atoms with Crippen LogP contribution in [0.3, 0.4) is 0 Å². The SMILES string of the molecule is CCNC(Cc1cc(C)cc(C)c1)C1COC(C)C1. The van der Waals surface area contributed by atoms with Crippen molar-refractivity contribution in [2.45, 2.75) is 52.7 Å². The van der Waals surface area contributed by atoms with Crippen molar-refractivity contribution in [1.29, 1.82) is 0 Å². The lowest BCUT2D eigenvalue weighted by atomic mass is 9.90. The van der Waals surface area contributed by atoms with Crippen molar-refractivity contribution in [3.05, 3.63) is 34.9 Å². The van der Waals surface area contributed by atoms with Gasteiger partial charge in [-0.15, -0.1) is 0 Å². The molecule has 1 aromatic carbocycles. The zero-order valence-electron chi connectivity index (χ0n) is 12.7. The average molecular weight is 261 g/mol. The summed E-state index contributed by atoms with van der Waals surface area (Å²) >= 11 is 0. The second-order valence-corrected chi connectivity index (χ2v) is 6.00. The largest absolute Gasteiger partial charge is 0.378 e. The van der Waals surface area contributed by atoms with Crippen LogP contribution in [0.1, 0.15) is 37.0 Å². The van der Waals surface area contributed by atoms with Crippen molar-refractivity contribution in [1.82, 2.24) is 5.32 Å². The molecule has 0 spiro atoms. The third-order valence-corrected chi connectivity index (χ3v) is 4.00. The van der Waals surface area contributed by atoms with Gasteiger partial charge in [-0.1, -0.05) is 36.2 Å². The molecule has 3 atom stereocenters. The van der Waals surface area contributed by atoms with E-state index in [1.807, 2.05) is 0 Å². The highest BCUT2D eigenvalue weighted by atomic mass is 16.5. The number of benzene rings is 1. The summed E-state index contributed by atoms with van der Waals surface area (Å²) in [6, 6.07) is 7.41. The molecule has 19 heavy (non-hydrogen) atoms. The molecule has 0 aliphatic carbocycles. The summed E-state index contributed by atoms with van der Waals surface area (Å²) in [5.74, 6) is 0.649. The Balaban J connectivity index is 2.07. The highest BCUT2D eigenvalue weighted by molar-refractivity contribution is 5.29. The van der Waals surface area contributed by atoms with Crippen LogP contribution in [0.2, 0.25) is 0 Å². The summed E-state index contributed by atoms with van der Waals surface area (Å²) in [5.41, 5.74) is 4.17. The summed E-state index contributed by atoms with van der Waals surface area (Å²) in [6.07, 6.45) is 2.71. The predicted octanol–water partition coefficient (Wildman–Crippen LogP) is 3.25. The number of aryl methyl sites for hydroxylation is 2. The first-order chi connectivity index (χ1) is 9.08. The topological polar surface area (TPSA) is 21.3 Å². The molecule has 1 fully saturated rings. The van der Waals surface area contributed by atoms with Crippen LogP contribution in [-0.4, -0.2) is 25.3 Å². The number of hydrogen-bond acceptors (Lipinski definition) is 2. The lowest BCUT2D eigenvalue weighted by molar-refractivity contribution is 0.117. The molecule has 0 bridgehead atoms. The Morgan fingerprint density at radius 2 is 1.95 bits per heavy atom. The van der Waals surface area contributed by atoms with E-state index in [0.29, 0.717) is 18.1 Å². The maximum absolute atomic E-state index is 5.74. The molecule has 0 aromatic heterocycles. The van der Waals surface area contributed by atoms with E-state index in [1.54, 1.807) is 0 Å². The fraction of sp³-hybridized carbons (Fsp3) is 0.647. The molecule has 0 saturated carbocycles. The second-order valence-electron chi connectivity index (χ2n) is 6.00. The molecule has 0 amide bonds. The minimum absolute atomic E-state index is 0.422. The molecule has 106 valence electrons. The van der Waals surface area contributed by atoms with E-state index < -0.39 is 0 Å². The summed E-state index contributed by atoms with van der Waals surface area (Å²) in [6.45, 7) is 10.7. The van der Waals surface area contributed by atoms with E-state index in [4.69, 9.17) is 4.74 Å². The number of likely N-dealkylation sites (N-methyl/N-ethyl adjacent to an activating group) is 1. The van der Waals surface area contributed by atoms with Crippen molar-refractivity contribution in [2.75, 3.05) is 13.2 Å². The smallest absolute Gasteiger partial charge is 0.0551 e. The molecule has 0 radical (unpaired) electrons. The van der Waals surface area contributed by atoms with Gasteiger partial charge < -0.3 is 10.1 Å². The molecule has 1 saturated heterocycles. The fourth-order valence-corrected chi connectivity index (χ4v) is 3.24. The van der Waals surface area contributed by atoms with Crippen molar-refractivity contribution < 1.29 is 4.74 Å². The van der Waals surface area contributed by atoms with Gasteiger partial charge in [0.15, 0.2) is 0 Å². The van der Waals surface area contributed by atoms with Crippen LogP contribution in [0.25, 0.3) is 0 Å². The first-order valence-corrected chi connectivity index (χ1v) is 7.50. The maximum Gasteiger partial charge on any atom is 0.0551 e. The van der Waals surface area contributed by atoms with E-state index in [-0.39, 0.29) is 0 Å². The van der Waals surface area contributed by atoms with Crippen LogP contribution in [-0.2, 0) is 11.2 Å². The van der Waals surface area contributed by atoms with Gasteiger partial charge >= 0.3 is 0 Å². The van der Waals surface area contributed by atoms with Gasteiger partial charge in [0, 0.05) is 12.0 Å². The quantitative estimate of drug-likeness (QED) is 0.878. The zero-order chi connectivity index (χ0) is 13.8. The minimum Gasteiger partial charge on any atom is -0.378 e. The van der Waals surface area contributed by atoms with Gasteiger partial charge in [0.2, 0.25) is 0 Å². The van der Waals surface area contributed by atoms with E-state index in [2.05, 4.69) is 51.2 Å². The Morgan fingerprint density at radius 3 is 2.47 bits per heavy atom. The maximum atomic E-state index is 5.74. The standard InChI is InChI=1S/C17H27NO/c1-5-18-17(16-9-14(4)19-11-16)10-15-7-12(2)6-13(3)8-15/h6-8,14,16-18H,5,9-11H2,1-4H3. The molecule has 2 rings (SSSR count). The van der Waals surface area contributed by atoms with Gasteiger partial charge in [0.05, 0.1) is 12.7 Å². The van der Waals surface area contributed by atoms with Crippen LogP contribution in [0, 0.1) is 19.8 Å². The van der Waals surface area contributed by atoms with Gasteiger partial charge in [-0.25, -0.2) is 0 Å². The summed E-state index contributed by atoms with van der Waals surface area (Å²) < 4.78 is 5.74. The zero-order valence-corrected chi connectivity index (χ0v) is 12.7. The molecule has 1 aliphatic heterocycles. The minimum atomic E-state index is 0.422. The average Bonchev–Trinajstić information content (AvgIpc) is 2.74. The van der Waals surface area contributed by atoms with Gasteiger partial charge in [0.25, 0.3) is 0 Å². The van der Waals surface area contributed by atoms with E-state index in [9.17, 15) is 0 Å². The summed E-state index contributed by atoms with van der Waals surface area (Å²) in [7, 11) is 0. The van der Waals surface area contributed by atoms with Crippen molar-refractivity contribution in [3.8, 4) is 0 Å². The Bertz CT molecular complexity index is 395. The van der Waals surface area contributed by atoms with Crippen LogP contribution in [0.4, 0.5) is 0 Å². The van der Waals surface area contributed by atoms with E-state index in [0.717, 1.165) is 19.6 Å². The normalized spacial score (nSPS) is 24.6. The Labute approximate surface area is 117 Å². The molecule has 2 nitrogen and oxygen atoms in total. The van der Waals surface area contributed by atoms with Crippen molar-refractivity contribution >= 4 is 0 Å². The van der Waals surface area contributed by atoms with Crippen LogP contribution >= 0.6 is 0 Å². The van der Waals surface area contributed by atoms with Crippen LogP contribution < -0.4 is 5.32 Å². The Morgan fingerprint density at radius 1 is 1.26 bits per heavy atom.